The fourth-order valence-electron chi connectivity index (χ4n) is 1.98. The van der Waals surface area contributed by atoms with Crippen molar-refractivity contribution < 1.29 is 22.0 Å². The molecule has 0 unspecified atom stereocenters. The first-order valence-corrected chi connectivity index (χ1v) is 8.57. The molecule has 0 aromatic heterocycles. The van der Waals surface area contributed by atoms with E-state index in [2.05, 4.69) is 10.0 Å². The number of hydrogen-bond acceptors (Lipinski definition) is 3. The minimum atomic E-state index is -3.81. The molecule has 0 atom stereocenters. The zero-order valence-corrected chi connectivity index (χ0v) is 13.7. The maximum atomic E-state index is 13.0. The molecule has 2 rings (SSSR count). The lowest BCUT2D eigenvalue weighted by molar-refractivity contribution is -0.116. The number of halogens is 2. The van der Waals surface area contributed by atoms with Gasteiger partial charge in [0.1, 0.15) is 11.6 Å². The van der Waals surface area contributed by atoms with E-state index in [1.165, 1.54) is 18.2 Å². The van der Waals surface area contributed by atoms with E-state index >= 15 is 0 Å². The Morgan fingerprint density at radius 2 is 1.67 bits per heavy atom. The number of carbonyl (C=O) groups is 1. The van der Waals surface area contributed by atoms with Crippen LogP contribution in [0.3, 0.4) is 0 Å². The molecule has 0 saturated heterocycles. The van der Waals surface area contributed by atoms with Crippen molar-refractivity contribution in [2.75, 3.05) is 11.9 Å². The standard InChI is InChI=1S/C16H16F2N2O3S/c1-11-10-13(18)4-7-15(11)20-16(21)8-9-19-24(22,23)14-5-2-12(17)3-6-14/h2-7,10,19H,8-9H2,1H3,(H,20,21). The van der Waals surface area contributed by atoms with Crippen LogP contribution in [0.4, 0.5) is 14.5 Å². The molecule has 0 radical (unpaired) electrons. The molecule has 0 spiro atoms. The monoisotopic (exact) mass is 354 g/mol. The van der Waals surface area contributed by atoms with Gasteiger partial charge >= 0.3 is 0 Å². The van der Waals surface area contributed by atoms with Gasteiger partial charge in [0.15, 0.2) is 0 Å². The van der Waals surface area contributed by atoms with E-state index in [-0.39, 0.29) is 17.9 Å². The van der Waals surface area contributed by atoms with Crippen LogP contribution < -0.4 is 10.0 Å². The highest BCUT2D eigenvalue weighted by molar-refractivity contribution is 7.89. The van der Waals surface area contributed by atoms with Crippen LogP contribution >= 0.6 is 0 Å². The number of hydrogen-bond donors (Lipinski definition) is 2. The summed E-state index contributed by atoms with van der Waals surface area (Å²) in [5.41, 5.74) is 1.03. The molecular weight excluding hydrogens is 338 g/mol. The van der Waals surface area contributed by atoms with E-state index in [0.717, 1.165) is 24.3 Å². The van der Waals surface area contributed by atoms with Crippen LogP contribution in [0.25, 0.3) is 0 Å². The second kappa shape index (κ2) is 7.50. The number of anilines is 1. The van der Waals surface area contributed by atoms with E-state index in [0.29, 0.717) is 11.3 Å². The lowest BCUT2D eigenvalue weighted by Gasteiger charge is -2.09. The van der Waals surface area contributed by atoms with Gasteiger partial charge in [-0.25, -0.2) is 21.9 Å². The molecule has 0 heterocycles. The summed E-state index contributed by atoms with van der Waals surface area (Å²) in [6.07, 6.45) is -0.1000. The minimum absolute atomic E-state index is 0.0845. The highest BCUT2D eigenvalue weighted by Crippen LogP contribution is 2.16. The molecule has 0 aliphatic rings. The number of nitrogens with one attached hydrogen (secondary N) is 2. The summed E-state index contributed by atoms with van der Waals surface area (Å²) in [5, 5.41) is 2.58. The quantitative estimate of drug-likeness (QED) is 0.837. The number of aryl methyl sites for hydroxylation is 1. The minimum Gasteiger partial charge on any atom is -0.326 e. The van der Waals surface area contributed by atoms with Crippen LogP contribution in [0, 0.1) is 18.6 Å². The van der Waals surface area contributed by atoms with E-state index in [1.54, 1.807) is 6.92 Å². The first-order chi connectivity index (χ1) is 11.3. The Morgan fingerprint density at radius 3 is 2.29 bits per heavy atom. The second-order valence-corrected chi connectivity index (χ2v) is 6.88. The Labute approximate surface area is 138 Å². The van der Waals surface area contributed by atoms with E-state index in [1.807, 2.05) is 0 Å². The Bertz CT molecular complexity index is 837. The summed E-state index contributed by atoms with van der Waals surface area (Å²) >= 11 is 0. The Morgan fingerprint density at radius 1 is 1.04 bits per heavy atom. The third-order valence-electron chi connectivity index (χ3n) is 3.23. The maximum Gasteiger partial charge on any atom is 0.240 e. The molecule has 8 heteroatoms. The van der Waals surface area contributed by atoms with Crippen molar-refractivity contribution in [2.24, 2.45) is 0 Å². The summed E-state index contributed by atoms with van der Waals surface area (Å²) in [6.45, 7) is 1.53. The second-order valence-electron chi connectivity index (χ2n) is 5.11. The average Bonchev–Trinajstić information content (AvgIpc) is 2.50. The van der Waals surface area contributed by atoms with Crippen LogP contribution in [0.2, 0.25) is 0 Å². The molecule has 0 aliphatic carbocycles. The highest BCUT2D eigenvalue weighted by Gasteiger charge is 2.14. The van der Waals surface area contributed by atoms with Gasteiger partial charge < -0.3 is 5.32 Å². The summed E-state index contributed by atoms with van der Waals surface area (Å²) in [4.78, 5) is 11.7. The van der Waals surface area contributed by atoms with Crippen LogP contribution in [-0.4, -0.2) is 20.9 Å². The predicted molar refractivity (Wildman–Crippen MR) is 86.0 cm³/mol. The Balaban J connectivity index is 1.89. The van der Waals surface area contributed by atoms with Gasteiger partial charge in [0.05, 0.1) is 4.90 Å². The molecule has 0 fully saturated rings. The molecular formula is C16H16F2N2O3S. The molecule has 0 aliphatic heterocycles. The summed E-state index contributed by atoms with van der Waals surface area (Å²) in [7, 11) is -3.81. The van der Waals surface area contributed by atoms with Gasteiger partial charge in [0.2, 0.25) is 15.9 Å². The van der Waals surface area contributed by atoms with E-state index in [4.69, 9.17) is 0 Å². The zero-order valence-electron chi connectivity index (χ0n) is 12.8. The number of amides is 1. The van der Waals surface area contributed by atoms with Gasteiger partial charge in [-0.15, -0.1) is 0 Å². The van der Waals surface area contributed by atoms with Gasteiger partial charge in [-0.1, -0.05) is 0 Å². The fourth-order valence-corrected chi connectivity index (χ4v) is 3.01. The van der Waals surface area contributed by atoms with Crippen molar-refractivity contribution in [1.29, 1.82) is 0 Å². The first-order valence-electron chi connectivity index (χ1n) is 7.09. The van der Waals surface area contributed by atoms with Crippen molar-refractivity contribution in [2.45, 2.75) is 18.2 Å². The molecule has 2 aromatic rings. The predicted octanol–water partition coefficient (Wildman–Crippen LogP) is 2.58. The molecule has 0 saturated carbocycles. The van der Waals surface area contributed by atoms with Crippen LogP contribution in [0.5, 0.6) is 0 Å². The summed E-state index contributed by atoms with van der Waals surface area (Å²) < 4.78 is 52.0. The molecule has 1 amide bonds. The van der Waals surface area contributed by atoms with E-state index in [9.17, 15) is 22.0 Å². The summed E-state index contributed by atoms with van der Waals surface area (Å²) in [5.74, 6) is -1.35. The van der Waals surface area contributed by atoms with Crippen LogP contribution in [-0.2, 0) is 14.8 Å². The third-order valence-corrected chi connectivity index (χ3v) is 4.71. The van der Waals surface area contributed by atoms with Crippen molar-refractivity contribution in [1.82, 2.24) is 4.72 Å². The number of sulfonamides is 1. The van der Waals surface area contributed by atoms with E-state index < -0.39 is 27.6 Å². The smallest absolute Gasteiger partial charge is 0.240 e. The van der Waals surface area contributed by atoms with Gasteiger partial charge in [-0.05, 0) is 55.0 Å². The van der Waals surface area contributed by atoms with Gasteiger partial charge in [-0.2, -0.15) is 0 Å². The van der Waals surface area contributed by atoms with Gasteiger partial charge in [0, 0.05) is 18.7 Å². The zero-order chi connectivity index (χ0) is 17.7. The lowest BCUT2D eigenvalue weighted by atomic mass is 10.2. The fraction of sp³-hybridized carbons (Fsp3) is 0.188. The third kappa shape index (κ3) is 4.84. The number of carbonyl (C=O) groups excluding carboxylic acids is 1. The Kier molecular flexibility index (Phi) is 5.63. The average molecular weight is 354 g/mol. The Hall–Kier alpha value is -2.32. The summed E-state index contributed by atoms with van der Waals surface area (Å²) in [6, 6.07) is 8.30. The molecule has 5 nitrogen and oxygen atoms in total. The lowest BCUT2D eigenvalue weighted by Crippen LogP contribution is -2.28. The van der Waals surface area contributed by atoms with Crippen molar-refractivity contribution in [3.63, 3.8) is 0 Å². The van der Waals surface area contributed by atoms with Crippen molar-refractivity contribution >= 4 is 21.6 Å². The first kappa shape index (κ1) is 18.0. The largest absolute Gasteiger partial charge is 0.326 e. The topological polar surface area (TPSA) is 75.3 Å². The number of rotatable bonds is 6. The molecule has 2 aromatic carbocycles. The van der Waals surface area contributed by atoms with Gasteiger partial charge in [0.25, 0.3) is 0 Å². The van der Waals surface area contributed by atoms with Gasteiger partial charge in [-0.3, -0.25) is 4.79 Å². The highest BCUT2D eigenvalue weighted by atomic mass is 32.2. The van der Waals surface area contributed by atoms with Crippen molar-refractivity contribution in [3.8, 4) is 0 Å². The normalized spacial score (nSPS) is 11.3. The molecule has 24 heavy (non-hydrogen) atoms. The van der Waals surface area contributed by atoms with Crippen LogP contribution in [0.15, 0.2) is 47.4 Å². The SMILES string of the molecule is Cc1cc(F)ccc1NC(=O)CCNS(=O)(=O)c1ccc(F)cc1. The maximum absolute atomic E-state index is 13.0. The molecule has 0 bridgehead atoms. The number of benzene rings is 2. The molecule has 128 valence electrons. The molecule has 2 N–H and O–H groups in total. The van der Waals surface area contributed by atoms with Crippen molar-refractivity contribution in [3.05, 3.63) is 59.7 Å². The van der Waals surface area contributed by atoms with Crippen LogP contribution in [0.1, 0.15) is 12.0 Å².